The van der Waals surface area contributed by atoms with Crippen LogP contribution >= 0.6 is 0 Å². The first-order chi connectivity index (χ1) is 16.4. The molecule has 0 spiro atoms. The summed E-state index contributed by atoms with van der Waals surface area (Å²) in [5.74, 6) is 0.257. The molecule has 0 bridgehead atoms. The van der Waals surface area contributed by atoms with Gasteiger partial charge in [0, 0.05) is 19.0 Å². The van der Waals surface area contributed by atoms with Crippen molar-refractivity contribution in [2.75, 3.05) is 25.6 Å². The highest BCUT2D eigenvalue weighted by Gasteiger charge is 2.33. The van der Waals surface area contributed by atoms with E-state index >= 15 is 0 Å². The number of pyridine rings is 2. The van der Waals surface area contributed by atoms with Gasteiger partial charge in [0.1, 0.15) is 17.2 Å². The lowest BCUT2D eigenvalue weighted by Crippen LogP contribution is -2.27. The molecule has 0 aromatic carbocycles. The molecule has 0 fully saturated rings. The van der Waals surface area contributed by atoms with Gasteiger partial charge in [-0.25, -0.2) is 15.0 Å². The molecular weight excluding hydrogens is 478 g/mol. The summed E-state index contributed by atoms with van der Waals surface area (Å²) in [5, 5.41) is 5.69. The lowest BCUT2D eigenvalue weighted by Gasteiger charge is -2.15. The minimum atomic E-state index is -4.62. The van der Waals surface area contributed by atoms with Crippen LogP contribution in [0.15, 0.2) is 58.4 Å². The molecule has 35 heavy (non-hydrogen) atoms. The van der Waals surface area contributed by atoms with E-state index in [0.29, 0.717) is 6.42 Å². The number of aromatic nitrogens is 2. The van der Waals surface area contributed by atoms with Gasteiger partial charge in [-0.1, -0.05) is 13.0 Å². The molecule has 2 heterocycles. The minimum absolute atomic E-state index is 0.00365. The number of methoxy groups -OCH3 is 1. The minimum Gasteiger partial charge on any atom is -0.383 e. The van der Waals surface area contributed by atoms with Crippen molar-refractivity contribution in [3.05, 3.63) is 65.5 Å². The fourth-order valence-electron chi connectivity index (χ4n) is 2.63. The summed E-state index contributed by atoms with van der Waals surface area (Å²) in [5.41, 5.74) is -1.91. The van der Waals surface area contributed by atoms with Crippen LogP contribution in [0.3, 0.4) is 0 Å². The van der Waals surface area contributed by atoms with Crippen LogP contribution in [0.4, 0.5) is 32.0 Å². The Bertz CT molecular complexity index is 1080. The maximum Gasteiger partial charge on any atom is 0.433 e. The number of halogens is 6. The highest BCUT2D eigenvalue weighted by atomic mass is 19.4. The van der Waals surface area contributed by atoms with Crippen molar-refractivity contribution in [1.29, 1.82) is 0 Å². The average molecular weight is 502 g/mol. The van der Waals surface area contributed by atoms with Crippen LogP contribution in [-0.4, -0.2) is 41.9 Å². The van der Waals surface area contributed by atoms with E-state index in [-0.39, 0.29) is 42.0 Å². The SMILES string of the molecule is CCC=C(NC(=NCCOC)N=C(C)c1cccc(C(F)(F)F)n1)Nc1ccnc(C(F)(F)F)c1. The molecule has 0 aliphatic carbocycles. The van der Waals surface area contributed by atoms with Gasteiger partial charge in [-0.3, -0.25) is 4.98 Å². The first kappa shape index (κ1) is 27.8. The summed E-state index contributed by atoms with van der Waals surface area (Å²) >= 11 is 0. The molecule has 2 rings (SSSR count). The van der Waals surface area contributed by atoms with Crippen LogP contribution in [0, 0.1) is 0 Å². The van der Waals surface area contributed by atoms with E-state index in [4.69, 9.17) is 4.74 Å². The number of alkyl halides is 6. The summed E-state index contributed by atoms with van der Waals surface area (Å²) in [4.78, 5) is 15.4. The third kappa shape index (κ3) is 9.00. The molecule has 0 radical (unpaired) electrons. The fraction of sp³-hybridized carbons (Fsp3) is 0.364. The van der Waals surface area contributed by atoms with E-state index < -0.39 is 23.7 Å². The molecular formula is C22H24F6N6O. The van der Waals surface area contributed by atoms with Gasteiger partial charge in [-0.15, -0.1) is 0 Å². The summed E-state index contributed by atoms with van der Waals surface area (Å²) < 4.78 is 83.0. The molecule has 0 saturated carbocycles. The molecule has 0 saturated heterocycles. The van der Waals surface area contributed by atoms with Gasteiger partial charge in [0.25, 0.3) is 0 Å². The largest absolute Gasteiger partial charge is 0.433 e. The first-order valence-electron chi connectivity index (χ1n) is 10.3. The fourth-order valence-corrected chi connectivity index (χ4v) is 2.63. The number of guanidine groups is 1. The first-order valence-corrected chi connectivity index (χ1v) is 10.3. The molecule has 2 N–H and O–H groups in total. The number of hydrogen-bond acceptors (Lipinski definition) is 5. The zero-order valence-corrected chi connectivity index (χ0v) is 19.1. The lowest BCUT2D eigenvalue weighted by molar-refractivity contribution is -0.141. The van der Waals surface area contributed by atoms with Crippen LogP contribution in [0.2, 0.25) is 0 Å². The zero-order chi connectivity index (χ0) is 26.1. The van der Waals surface area contributed by atoms with Crippen molar-refractivity contribution in [3.8, 4) is 0 Å². The smallest absolute Gasteiger partial charge is 0.383 e. The monoisotopic (exact) mass is 502 g/mol. The predicted molar refractivity (Wildman–Crippen MR) is 120 cm³/mol. The van der Waals surface area contributed by atoms with E-state index in [0.717, 1.165) is 18.3 Å². The molecule has 0 amide bonds. The van der Waals surface area contributed by atoms with Gasteiger partial charge in [-0.05, 0) is 43.7 Å². The van der Waals surface area contributed by atoms with Crippen LogP contribution in [0.1, 0.15) is 37.4 Å². The number of allylic oxidation sites excluding steroid dienone is 1. The number of nitrogens with zero attached hydrogens (tertiary/aromatic N) is 4. The van der Waals surface area contributed by atoms with E-state index in [1.807, 2.05) is 0 Å². The summed E-state index contributed by atoms with van der Waals surface area (Å²) in [6, 6.07) is 5.62. The third-order valence-electron chi connectivity index (χ3n) is 4.22. The highest BCUT2D eigenvalue weighted by Crippen LogP contribution is 2.29. The molecule has 0 aliphatic rings. The summed E-state index contributed by atoms with van der Waals surface area (Å²) in [7, 11) is 1.47. The number of hydrogen-bond donors (Lipinski definition) is 2. The Morgan fingerprint density at radius 3 is 2.43 bits per heavy atom. The Morgan fingerprint density at radius 2 is 1.80 bits per heavy atom. The number of anilines is 1. The normalized spacial score (nSPS) is 13.7. The van der Waals surface area contributed by atoms with Crippen molar-refractivity contribution in [2.24, 2.45) is 9.98 Å². The molecule has 13 heteroatoms. The number of rotatable bonds is 8. The van der Waals surface area contributed by atoms with E-state index in [9.17, 15) is 26.3 Å². The van der Waals surface area contributed by atoms with Crippen LogP contribution < -0.4 is 10.6 Å². The molecule has 2 aromatic rings. The third-order valence-corrected chi connectivity index (χ3v) is 4.22. The standard InChI is InChI=1S/C22H24F6N6O/c1-4-6-19(32-15-9-10-29-18(13-15)22(26,27)28)34-20(30-11-12-35-3)31-14(2)16-7-5-8-17(33-16)21(23,24)25/h5-10,13H,4,11-12H2,1-3H3,(H,29,32)(H,30,34). The van der Waals surface area contributed by atoms with Crippen LogP contribution in [-0.2, 0) is 17.1 Å². The number of ether oxygens (including phenoxy) is 1. The zero-order valence-electron chi connectivity index (χ0n) is 19.1. The topological polar surface area (TPSA) is 83.8 Å². The van der Waals surface area contributed by atoms with Gasteiger partial charge in [0.2, 0.25) is 5.96 Å². The Balaban J connectivity index is 2.34. The number of aliphatic imine (C=N–C) groups is 2. The highest BCUT2D eigenvalue weighted by molar-refractivity contribution is 6.05. The van der Waals surface area contributed by atoms with Gasteiger partial charge in [0.05, 0.1) is 24.6 Å². The number of nitrogens with one attached hydrogen (secondary N) is 2. The second-order valence-electron chi connectivity index (χ2n) is 7.00. The van der Waals surface area contributed by atoms with Crippen LogP contribution in [0.5, 0.6) is 0 Å². The maximum atomic E-state index is 13.0. The Kier molecular flexibility index (Phi) is 9.75. The Hall–Kier alpha value is -3.48. The van der Waals surface area contributed by atoms with E-state index in [1.165, 1.54) is 32.2 Å². The van der Waals surface area contributed by atoms with Gasteiger partial charge >= 0.3 is 12.4 Å². The van der Waals surface area contributed by atoms with E-state index in [2.05, 4.69) is 30.6 Å². The quantitative estimate of drug-likeness (QED) is 0.222. The second kappa shape index (κ2) is 12.3. The maximum absolute atomic E-state index is 13.0. The molecule has 190 valence electrons. The molecule has 2 aromatic heterocycles. The van der Waals surface area contributed by atoms with Gasteiger partial charge < -0.3 is 15.4 Å². The molecule has 0 atom stereocenters. The van der Waals surface area contributed by atoms with Crippen molar-refractivity contribution < 1.29 is 31.1 Å². The summed E-state index contributed by atoms with van der Waals surface area (Å²) in [6.07, 6.45) is -6.08. The predicted octanol–water partition coefficient (Wildman–Crippen LogP) is 5.28. The summed E-state index contributed by atoms with van der Waals surface area (Å²) in [6.45, 7) is 3.67. The van der Waals surface area contributed by atoms with Crippen molar-refractivity contribution in [2.45, 2.75) is 32.6 Å². The van der Waals surface area contributed by atoms with Crippen molar-refractivity contribution in [1.82, 2.24) is 15.3 Å². The molecule has 0 unspecified atom stereocenters. The Labute approximate surface area is 198 Å². The Morgan fingerprint density at radius 1 is 1.09 bits per heavy atom. The van der Waals surface area contributed by atoms with Crippen LogP contribution in [0.25, 0.3) is 0 Å². The van der Waals surface area contributed by atoms with Gasteiger partial charge in [-0.2, -0.15) is 26.3 Å². The molecule has 7 nitrogen and oxygen atoms in total. The van der Waals surface area contributed by atoms with Gasteiger partial charge in [0.15, 0.2) is 0 Å². The van der Waals surface area contributed by atoms with E-state index in [1.54, 1.807) is 13.0 Å². The molecule has 0 aliphatic heterocycles. The second-order valence-corrected chi connectivity index (χ2v) is 7.00. The van der Waals surface area contributed by atoms with Crippen molar-refractivity contribution >= 4 is 17.4 Å². The lowest BCUT2D eigenvalue weighted by atomic mass is 10.2. The van der Waals surface area contributed by atoms with Crippen molar-refractivity contribution in [3.63, 3.8) is 0 Å². The average Bonchev–Trinajstić information content (AvgIpc) is 2.78.